The molecule has 0 aliphatic rings. The Kier molecular flexibility index (Phi) is 14.9. The molecule has 3 aromatic carbocycles. The third-order valence-electron chi connectivity index (χ3n) is 7.31. The van der Waals surface area contributed by atoms with Gasteiger partial charge < -0.3 is 19.8 Å². The Bertz CT molecular complexity index is 1220. The molecule has 3 rings (SSSR count). The molecule has 0 saturated heterocycles. The Morgan fingerprint density at radius 3 is 1.71 bits per heavy atom. The second-order valence-electron chi connectivity index (χ2n) is 11.3. The third kappa shape index (κ3) is 11.0. The van der Waals surface area contributed by atoms with E-state index in [-0.39, 0.29) is 11.7 Å². The van der Waals surface area contributed by atoms with E-state index < -0.39 is 5.97 Å². The summed E-state index contributed by atoms with van der Waals surface area (Å²) < 4.78 is 5.89. The van der Waals surface area contributed by atoms with Crippen molar-refractivity contribution in [3.8, 4) is 11.5 Å². The van der Waals surface area contributed by atoms with Crippen LogP contribution in [0.2, 0.25) is 0 Å². The highest BCUT2D eigenvalue weighted by Crippen LogP contribution is 2.36. The van der Waals surface area contributed by atoms with Crippen LogP contribution in [-0.2, 0) is 4.79 Å². The molecule has 0 bridgehead atoms. The van der Waals surface area contributed by atoms with E-state index in [1.165, 1.54) is 22.3 Å². The number of rotatable bonds is 14. The lowest BCUT2D eigenvalue weighted by atomic mass is 9.87. The van der Waals surface area contributed by atoms with Crippen LogP contribution in [0.3, 0.4) is 0 Å². The third-order valence-corrected chi connectivity index (χ3v) is 7.31. The lowest BCUT2D eigenvalue weighted by Crippen LogP contribution is -2.19. The number of hydrogen-bond acceptors (Lipinski definition) is 4. The van der Waals surface area contributed by atoms with E-state index in [0.717, 1.165) is 55.5 Å². The standard InChI is InChI=1S/C29H35NO2.C8H16O2/c1-6-28(23-9-7-22(8-10-23)21(2)3)29(24-11-15-26(31)16-12-24)25-13-17-27(18-14-25)32-20-19-30(4)5;1-3-5-7(6-4-2)8(9)10/h7-18,21,31H,6,19-20H2,1-5H3;7H,3-6H2,1-2H3,(H,9,10)/b29-28-;. The Morgan fingerprint density at radius 1 is 0.786 bits per heavy atom. The molecule has 0 atom stereocenters. The molecular formula is C37H51NO4. The lowest BCUT2D eigenvalue weighted by molar-refractivity contribution is -0.142. The zero-order valence-corrected chi connectivity index (χ0v) is 26.7. The van der Waals surface area contributed by atoms with E-state index in [1.807, 2.05) is 52.2 Å². The molecule has 0 aromatic heterocycles. The highest BCUT2D eigenvalue weighted by atomic mass is 16.5. The molecule has 0 fully saturated rings. The predicted molar refractivity (Wildman–Crippen MR) is 176 cm³/mol. The molecule has 0 unspecified atom stereocenters. The van der Waals surface area contributed by atoms with Crippen molar-refractivity contribution in [3.63, 3.8) is 0 Å². The van der Waals surface area contributed by atoms with E-state index in [0.29, 0.717) is 12.5 Å². The molecule has 3 aromatic rings. The molecule has 5 heteroatoms. The molecule has 0 amide bonds. The van der Waals surface area contributed by atoms with Crippen molar-refractivity contribution in [2.45, 2.75) is 72.6 Å². The lowest BCUT2D eigenvalue weighted by Gasteiger charge is -2.18. The summed E-state index contributed by atoms with van der Waals surface area (Å²) in [4.78, 5) is 12.6. The van der Waals surface area contributed by atoms with Gasteiger partial charge in [-0.1, -0.05) is 96.0 Å². The predicted octanol–water partition coefficient (Wildman–Crippen LogP) is 9.11. The maximum atomic E-state index is 10.5. The average molecular weight is 574 g/mol. The monoisotopic (exact) mass is 573 g/mol. The SMILES string of the molecule is CC/C(=C(\c1ccc(O)cc1)c1ccc(OCCN(C)C)cc1)c1ccc(C(C)C)cc1.CCCC(CCC)C(=O)O. The van der Waals surface area contributed by atoms with Crippen molar-refractivity contribution in [2.75, 3.05) is 27.2 Å². The fraction of sp³-hybridized carbons (Fsp3) is 0.432. The Balaban J connectivity index is 0.000000528. The van der Waals surface area contributed by atoms with Gasteiger partial charge >= 0.3 is 5.97 Å². The number of carboxylic acids is 1. The van der Waals surface area contributed by atoms with Gasteiger partial charge in [-0.25, -0.2) is 0 Å². The number of carboxylic acid groups (broad SMARTS) is 1. The first-order valence-corrected chi connectivity index (χ1v) is 15.3. The fourth-order valence-electron chi connectivity index (χ4n) is 4.89. The van der Waals surface area contributed by atoms with Crippen LogP contribution in [-0.4, -0.2) is 48.3 Å². The molecule has 228 valence electrons. The number of phenolic OH excluding ortho intramolecular Hbond substituents is 1. The van der Waals surface area contributed by atoms with Gasteiger partial charge in [0, 0.05) is 6.54 Å². The molecule has 0 aliphatic carbocycles. The van der Waals surface area contributed by atoms with E-state index >= 15 is 0 Å². The summed E-state index contributed by atoms with van der Waals surface area (Å²) in [7, 11) is 4.09. The molecule has 0 saturated carbocycles. The van der Waals surface area contributed by atoms with E-state index in [4.69, 9.17) is 9.84 Å². The van der Waals surface area contributed by atoms with Crippen LogP contribution in [0.15, 0.2) is 72.8 Å². The van der Waals surface area contributed by atoms with Gasteiger partial charge in [0.05, 0.1) is 5.92 Å². The van der Waals surface area contributed by atoms with Gasteiger partial charge in [-0.3, -0.25) is 4.79 Å². The van der Waals surface area contributed by atoms with Gasteiger partial charge in [0.2, 0.25) is 0 Å². The van der Waals surface area contributed by atoms with Gasteiger partial charge in [-0.05, 0) is 96.9 Å². The van der Waals surface area contributed by atoms with Crippen molar-refractivity contribution in [1.82, 2.24) is 4.90 Å². The summed E-state index contributed by atoms with van der Waals surface area (Å²) in [5, 5.41) is 18.5. The number of phenols is 1. The molecule has 0 radical (unpaired) electrons. The molecule has 42 heavy (non-hydrogen) atoms. The number of likely N-dealkylation sites (N-methyl/N-ethyl adjacent to an activating group) is 1. The normalized spacial score (nSPS) is 11.8. The summed E-state index contributed by atoms with van der Waals surface area (Å²) in [5.41, 5.74) is 7.27. The maximum absolute atomic E-state index is 10.5. The quantitative estimate of drug-likeness (QED) is 0.188. The Morgan fingerprint density at radius 2 is 1.29 bits per heavy atom. The number of aromatic hydroxyl groups is 1. The fourth-order valence-corrected chi connectivity index (χ4v) is 4.89. The summed E-state index contributed by atoms with van der Waals surface area (Å²) in [5.74, 6) is 0.922. The minimum Gasteiger partial charge on any atom is -0.508 e. The summed E-state index contributed by atoms with van der Waals surface area (Å²) in [6.07, 6.45) is 4.48. The van der Waals surface area contributed by atoms with Crippen molar-refractivity contribution in [2.24, 2.45) is 5.92 Å². The van der Waals surface area contributed by atoms with E-state index in [2.05, 4.69) is 62.1 Å². The number of ether oxygens (including phenoxy) is 1. The van der Waals surface area contributed by atoms with Gasteiger partial charge in [0.15, 0.2) is 0 Å². The molecule has 0 aliphatic heterocycles. The second-order valence-corrected chi connectivity index (χ2v) is 11.3. The second kappa shape index (κ2) is 18.1. The molecule has 0 spiro atoms. The highest BCUT2D eigenvalue weighted by molar-refractivity contribution is 5.98. The van der Waals surface area contributed by atoms with Crippen LogP contribution in [0, 0.1) is 5.92 Å². The Hall–Kier alpha value is -3.57. The van der Waals surface area contributed by atoms with Crippen molar-refractivity contribution < 1.29 is 19.7 Å². The zero-order valence-electron chi connectivity index (χ0n) is 26.7. The zero-order chi connectivity index (χ0) is 31.1. The number of benzene rings is 3. The average Bonchev–Trinajstić information content (AvgIpc) is 2.97. The first kappa shape index (κ1) is 34.6. The van der Waals surface area contributed by atoms with Crippen LogP contribution in [0.4, 0.5) is 0 Å². The largest absolute Gasteiger partial charge is 0.508 e. The molecular weight excluding hydrogens is 522 g/mol. The summed E-state index contributed by atoms with van der Waals surface area (Å²) in [6.45, 7) is 12.2. The van der Waals surface area contributed by atoms with Crippen LogP contribution < -0.4 is 4.74 Å². The van der Waals surface area contributed by atoms with Crippen molar-refractivity contribution in [1.29, 1.82) is 0 Å². The topological polar surface area (TPSA) is 70.0 Å². The first-order chi connectivity index (χ1) is 20.1. The number of hydrogen-bond donors (Lipinski definition) is 2. The molecule has 0 heterocycles. The smallest absolute Gasteiger partial charge is 0.306 e. The van der Waals surface area contributed by atoms with Gasteiger partial charge in [-0.2, -0.15) is 0 Å². The maximum Gasteiger partial charge on any atom is 0.306 e. The number of carbonyl (C=O) groups is 1. The van der Waals surface area contributed by atoms with Crippen LogP contribution >= 0.6 is 0 Å². The van der Waals surface area contributed by atoms with Crippen molar-refractivity contribution >= 4 is 17.1 Å². The Labute approximate surface area is 253 Å². The molecule has 5 nitrogen and oxygen atoms in total. The van der Waals surface area contributed by atoms with E-state index in [9.17, 15) is 9.90 Å². The number of aliphatic carboxylic acids is 1. The molecule has 2 N–H and O–H groups in total. The summed E-state index contributed by atoms with van der Waals surface area (Å²) >= 11 is 0. The first-order valence-electron chi connectivity index (χ1n) is 15.3. The van der Waals surface area contributed by atoms with Gasteiger partial charge in [-0.15, -0.1) is 0 Å². The summed E-state index contributed by atoms with van der Waals surface area (Å²) in [6, 6.07) is 24.7. The van der Waals surface area contributed by atoms with Crippen LogP contribution in [0.25, 0.3) is 11.1 Å². The van der Waals surface area contributed by atoms with Crippen LogP contribution in [0.1, 0.15) is 94.9 Å². The minimum absolute atomic E-state index is 0.102. The van der Waals surface area contributed by atoms with Gasteiger partial charge in [0.1, 0.15) is 18.1 Å². The van der Waals surface area contributed by atoms with Crippen molar-refractivity contribution in [3.05, 3.63) is 95.1 Å². The minimum atomic E-state index is -0.635. The highest BCUT2D eigenvalue weighted by Gasteiger charge is 2.15. The van der Waals surface area contributed by atoms with Crippen LogP contribution in [0.5, 0.6) is 11.5 Å². The van der Waals surface area contributed by atoms with E-state index in [1.54, 1.807) is 12.1 Å². The number of nitrogens with zero attached hydrogens (tertiary/aromatic N) is 1. The van der Waals surface area contributed by atoms with Gasteiger partial charge in [0.25, 0.3) is 0 Å². The number of allylic oxidation sites excluding steroid dienone is 1.